The van der Waals surface area contributed by atoms with Gasteiger partial charge in [-0.1, -0.05) is 30.3 Å². The van der Waals surface area contributed by atoms with Crippen LogP contribution in [0.2, 0.25) is 0 Å². The summed E-state index contributed by atoms with van der Waals surface area (Å²) in [6.45, 7) is 2.01. The standard InChI is InChI=1S/C14H22N2O2/c1-16(10-5-9-15)14(17)12-18-11-8-13-6-3-2-4-7-13/h2-4,6-7H,5,8-12,15H2,1H3. The first kappa shape index (κ1) is 14.7. The van der Waals surface area contributed by atoms with Crippen LogP contribution in [-0.2, 0) is 16.0 Å². The van der Waals surface area contributed by atoms with E-state index in [1.807, 2.05) is 18.2 Å². The van der Waals surface area contributed by atoms with E-state index in [2.05, 4.69) is 12.1 Å². The summed E-state index contributed by atoms with van der Waals surface area (Å²) >= 11 is 0. The topological polar surface area (TPSA) is 55.6 Å². The average molecular weight is 250 g/mol. The lowest BCUT2D eigenvalue weighted by Gasteiger charge is -2.16. The number of amides is 1. The lowest BCUT2D eigenvalue weighted by atomic mass is 10.2. The number of likely N-dealkylation sites (N-methyl/N-ethyl adjacent to an activating group) is 1. The van der Waals surface area contributed by atoms with E-state index < -0.39 is 0 Å². The molecule has 0 radical (unpaired) electrons. The first-order chi connectivity index (χ1) is 8.74. The number of nitrogens with zero attached hydrogens (tertiary/aromatic N) is 1. The van der Waals surface area contributed by atoms with Crippen molar-refractivity contribution in [3.8, 4) is 0 Å². The van der Waals surface area contributed by atoms with E-state index >= 15 is 0 Å². The second-order valence-corrected chi connectivity index (χ2v) is 4.25. The van der Waals surface area contributed by atoms with E-state index in [1.165, 1.54) is 5.56 Å². The Morgan fingerprint density at radius 1 is 1.33 bits per heavy atom. The van der Waals surface area contributed by atoms with Crippen LogP contribution in [0.15, 0.2) is 30.3 Å². The molecule has 18 heavy (non-hydrogen) atoms. The highest BCUT2D eigenvalue weighted by Crippen LogP contribution is 1.99. The van der Waals surface area contributed by atoms with Crippen molar-refractivity contribution in [1.29, 1.82) is 0 Å². The number of hydrogen-bond donors (Lipinski definition) is 1. The van der Waals surface area contributed by atoms with Crippen molar-refractivity contribution in [3.05, 3.63) is 35.9 Å². The summed E-state index contributed by atoms with van der Waals surface area (Å²) in [4.78, 5) is 13.3. The lowest BCUT2D eigenvalue weighted by molar-refractivity contribution is -0.134. The van der Waals surface area contributed by atoms with Gasteiger partial charge in [0.2, 0.25) is 5.91 Å². The third kappa shape index (κ3) is 5.80. The van der Waals surface area contributed by atoms with Gasteiger partial charge in [-0.25, -0.2) is 0 Å². The van der Waals surface area contributed by atoms with Crippen molar-refractivity contribution >= 4 is 5.91 Å². The fraction of sp³-hybridized carbons (Fsp3) is 0.500. The Labute approximate surface area is 109 Å². The molecule has 1 aromatic rings. The SMILES string of the molecule is CN(CCCN)C(=O)COCCc1ccccc1. The van der Waals surface area contributed by atoms with Gasteiger partial charge in [0.25, 0.3) is 0 Å². The maximum atomic E-state index is 11.6. The maximum absolute atomic E-state index is 11.6. The summed E-state index contributed by atoms with van der Waals surface area (Å²) in [5, 5.41) is 0. The number of hydrogen-bond acceptors (Lipinski definition) is 3. The number of carbonyl (C=O) groups is 1. The lowest BCUT2D eigenvalue weighted by Crippen LogP contribution is -2.32. The first-order valence-corrected chi connectivity index (χ1v) is 6.29. The predicted molar refractivity (Wildman–Crippen MR) is 72.3 cm³/mol. The molecule has 0 aliphatic heterocycles. The first-order valence-electron chi connectivity index (χ1n) is 6.29. The summed E-state index contributed by atoms with van der Waals surface area (Å²) in [5.74, 6) is 0.0107. The molecule has 4 heteroatoms. The molecule has 0 heterocycles. The molecule has 0 saturated heterocycles. The van der Waals surface area contributed by atoms with Gasteiger partial charge in [0.15, 0.2) is 0 Å². The largest absolute Gasteiger partial charge is 0.371 e. The monoisotopic (exact) mass is 250 g/mol. The van der Waals surface area contributed by atoms with Crippen LogP contribution in [0.1, 0.15) is 12.0 Å². The minimum Gasteiger partial charge on any atom is -0.371 e. The fourth-order valence-electron chi connectivity index (χ4n) is 1.56. The highest BCUT2D eigenvalue weighted by molar-refractivity contribution is 5.77. The van der Waals surface area contributed by atoms with E-state index in [0.29, 0.717) is 19.7 Å². The van der Waals surface area contributed by atoms with Crippen LogP contribution in [-0.4, -0.2) is 44.2 Å². The molecule has 0 fully saturated rings. The zero-order valence-corrected chi connectivity index (χ0v) is 11.0. The molecule has 0 aromatic heterocycles. The Bertz CT molecular complexity index is 341. The van der Waals surface area contributed by atoms with Crippen LogP contribution in [0.25, 0.3) is 0 Å². The Kier molecular flexibility index (Phi) is 7.06. The summed E-state index contributed by atoms with van der Waals surface area (Å²) in [6, 6.07) is 10.1. The molecule has 4 nitrogen and oxygen atoms in total. The highest BCUT2D eigenvalue weighted by Gasteiger charge is 2.07. The number of nitrogens with two attached hydrogens (primary N) is 1. The number of rotatable bonds is 8. The van der Waals surface area contributed by atoms with Gasteiger partial charge >= 0.3 is 0 Å². The summed E-state index contributed by atoms with van der Waals surface area (Å²) in [7, 11) is 1.78. The number of carbonyl (C=O) groups excluding carboxylic acids is 1. The van der Waals surface area contributed by atoms with Gasteiger partial charge in [0.05, 0.1) is 6.61 Å². The molecule has 0 aliphatic carbocycles. The van der Waals surface area contributed by atoms with Gasteiger partial charge in [-0.05, 0) is 24.9 Å². The fourth-order valence-corrected chi connectivity index (χ4v) is 1.56. The Balaban J connectivity index is 2.12. The van der Waals surface area contributed by atoms with E-state index in [9.17, 15) is 4.79 Å². The van der Waals surface area contributed by atoms with E-state index in [-0.39, 0.29) is 12.5 Å². The summed E-state index contributed by atoms with van der Waals surface area (Å²) < 4.78 is 5.38. The van der Waals surface area contributed by atoms with Crippen molar-refractivity contribution < 1.29 is 9.53 Å². The molecule has 0 saturated carbocycles. The molecule has 0 bridgehead atoms. The van der Waals surface area contributed by atoms with Gasteiger partial charge in [-0.15, -0.1) is 0 Å². The Morgan fingerprint density at radius 3 is 2.72 bits per heavy atom. The van der Waals surface area contributed by atoms with E-state index in [4.69, 9.17) is 10.5 Å². The summed E-state index contributed by atoms with van der Waals surface area (Å²) in [5.41, 5.74) is 6.62. The Hall–Kier alpha value is -1.39. The zero-order valence-electron chi connectivity index (χ0n) is 11.0. The number of benzene rings is 1. The molecular weight excluding hydrogens is 228 g/mol. The summed E-state index contributed by atoms with van der Waals surface area (Å²) in [6.07, 6.45) is 1.66. The van der Waals surface area contributed by atoms with Crippen LogP contribution in [0.5, 0.6) is 0 Å². The minimum atomic E-state index is 0.0107. The minimum absolute atomic E-state index is 0.0107. The molecule has 0 aliphatic rings. The van der Waals surface area contributed by atoms with E-state index in [0.717, 1.165) is 12.8 Å². The third-order valence-corrected chi connectivity index (χ3v) is 2.73. The van der Waals surface area contributed by atoms with Crippen molar-refractivity contribution in [1.82, 2.24) is 4.90 Å². The second-order valence-electron chi connectivity index (χ2n) is 4.25. The van der Waals surface area contributed by atoms with Gasteiger partial charge in [-0.3, -0.25) is 4.79 Å². The van der Waals surface area contributed by atoms with Gasteiger partial charge < -0.3 is 15.4 Å². The molecule has 1 rings (SSSR count). The van der Waals surface area contributed by atoms with Gasteiger partial charge in [0, 0.05) is 13.6 Å². The van der Waals surface area contributed by atoms with Crippen molar-refractivity contribution in [2.75, 3.05) is 33.4 Å². The third-order valence-electron chi connectivity index (χ3n) is 2.73. The molecular formula is C14H22N2O2. The van der Waals surface area contributed by atoms with Gasteiger partial charge in [-0.2, -0.15) is 0 Å². The Morgan fingerprint density at radius 2 is 2.06 bits per heavy atom. The van der Waals surface area contributed by atoms with Crippen molar-refractivity contribution in [2.45, 2.75) is 12.8 Å². The maximum Gasteiger partial charge on any atom is 0.248 e. The quantitative estimate of drug-likeness (QED) is 0.702. The van der Waals surface area contributed by atoms with Crippen LogP contribution in [0.4, 0.5) is 0 Å². The van der Waals surface area contributed by atoms with Crippen LogP contribution in [0, 0.1) is 0 Å². The van der Waals surface area contributed by atoms with Crippen LogP contribution in [0.3, 0.4) is 0 Å². The second kappa shape index (κ2) is 8.66. The molecule has 1 amide bonds. The molecule has 0 unspecified atom stereocenters. The van der Waals surface area contributed by atoms with Crippen molar-refractivity contribution in [3.63, 3.8) is 0 Å². The predicted octanol–water partition coefficient (Wildman–Crippen LogP) is 1.05. The molecule has 0 atom stereocenters. The number of ether oxygens (including phenoxy) is 1. The molecule has 2 N–H and O–H groups in total. The molecule has 0 spiro atoms. The molecule has 100 valence electrons. The van der Waals surface area contributed by atoms with E-state index in [1.54, 1.807) is 11.9 Å². The van der Waals surface area contributed by atoms with Crippen LogP contribution >= 0.6 is 0 Å². The average Bonchev–Trinajstić information content (AvgIpc) is 2.41. The normalized spacial score (nSPS) is 10.3. The smallest absolute Gasteiger partial charge is 0.248 e. The van der Waals surface area contributed by atoms with Crippen molar-refractivity contribution in [2.24, 2.45) is 5.73 Å². The van der Waals surface area contributed by atoms with Gasteiger partial charge in [0.1, 0.15) is 6.61 Å². The van der Waals surface area contributed by atoms with Crippen LogP contribution < -0.4 is 5.73 Å². The zero-order chi connectivity index (χ0) is 13.2. The highest BCUT2D eigenvalue weighted by atomic mass is 16.5. The molecule has 1 aromatic carbocycles.